The Morgan fingerprint density at radius 1 is 1.21 bits per heavy atom. The molecule has 0 saturated carbocycles. The third-order valence-corrected chi connectivity index (χ3v) is 4.82. The molecule has 0 fully saturated rings. The van der Waals surface area contributed by atoms with E-state index in [0.717, 1.165) is 11.3 Å². The Bertz CT molecular complexity index is 1130. The molecule has 0 unspecified atom stereocenters. The number of fused-ring (bicyclic) bond motifs is 1. The second kappa shape index (κ2) is 7.79. The van der Waals surface area contributed by atoms with Crippen molar-refractivity contribution in [2.45, 2.75) is 20.4 Å². The molecule has 29 heavy (non-hydrogen) atoms. The molecule has 0 radical (unpaired) electrons. The van der Waals surface area contributed by atoms with Crippen LogP contribution < -0.4 is 4.74 Å². The number of aromatic nitrogens is 2. The zero-order chi connectivity index (χ0) is 20.4. The Hall–Kier alpha value is -3.61. The molecule has 3 aromatic heterocycles. The van der Waals surface area contributed by atoms with Gasteiger partial charge in [-0.25, -0.2) is 4.98 Å². The van der Waals surface area contributed by atoms with Gasteiger partial charge < -0.3 is 18.6 Å². The summed E-state index contributed by atoms with van der Waals surface area (Å²) < 4.78 is 16.0. The molecule has 0 spiro atoms. The number of hydrogen-bond acceptors (Lipinski definition) is 6. The summed E-state index contributed by atoms with van der Waals surface area (Å²) in [6.07, 6.45) is 1.57. The number of carbonyl (C=O) groups is 1. The van der Waals surface area contributed by atoms with E-state index in [2.05, 4.69) is 10.1 Å². The monoisotopic (exact) mass is 391 g/mol. The Labute approximate surface area is 167 Å². The van der Waals surface area contributed by atoms with E-state index in [9.17, 15) is 4.79 Å². The normalized spacial score (nSPS) is 11.0. The first-order chi connectivity index (χ1) is 14.1. The Morgan fingerprint density at radius 2 is 2.00 bits per heavy atom. The molecule has 0 aliphatic rings. The van der Waals surface area contributed by atoms with Crippen LogP contribution in [-0.4, -0.2) is 34.6 Å². The average molecular weight is 391 g/mol. The third kappa shape index (κ3) is 3.59. The molecule has 7 heteroatoms. The van der Waals surface area contributed by atoms with Gasteiger partial charge in [0.25, 0.3) is 11.6 Å². The second-order valence-corrected chi connectivity index (χ2v) is 6.65. The van der Waals surface area contributed by atoms with E-state index in [0.29, 0.717) is 46.9 Å². The van der Waals surface area contributed by atoms with Crippen molar-refractivity contribution in [3.05, 3.63) is 65.5 Å². The molecule has 3 heterocycles. The van der Waals surface area contributed by atoms with Gasteiger partial charge in [0.2, 0.25) is 0 Å². The van der Waals surface area contributed by atoms with Gasteiger partial charge in [0.05, 0.1) is 30.0 Å². The van der Waals surface area contributed by atoms with Gasteiger partial charge in [0, 0.05) is 13.1 Å². The molecule has 4 aromatic rings. The first-order valence-electron chi connectivity index (χ1n) is 9.33. The number of amides is 1. The van der Waals surface area contributed by atoms with E-state index in [1.54, 1.807) is 43.4 Å². The maximum absolute atomic E-state index is 13.5. The average Bonchev–Trinajstić information content (AvgIpc) is 3.42. The van der Waals surface area contributed by atoms with Crippen LogP contribution in [0.15, 0.2) is 57.7 Å². The third-order valence-electron chi connectivity index (χ3n) is 4.82. The van der Waals surface area contributed by atoms with Gasteiger partial charge in [-0.15, -0.1) is 0 Å². The van der Waals surface area contributed by atoms with Crippen molar-refractivity contribution in [1.82, 2.24) is 15.0 Å². The lowest BCUT2D eigenvalue weighted by atomic mass is 10.1. The number of benzene rings is 1. The fraction of sp³-hybridized carbons (Fsp3) is 0.227. The highest BCUT2D eigenvalue weighted by molar-refractivity contribution is 6.06. The zero-order valence-electron chi connectivity index (χ0n) is 16.5. The van der Waals surface area contributed by atoms with Crippen LogP contribution in [0.25, 0.3) is 22.6 Å². The lowest BCUT2D eigenvalue weighted by molar-refractivity contribution is 0.0754. The van der Waals surface area contributed by atoms with Crippen LogP contribution in [-0.2, 0) is 6.54 Å². The van der Waals surface area contributed by atoms with E-state index in [1.165, 1.54) is 0 Å². The summed E-state index contributed by atoms with van der Waals surface area (Å²) in [5.41, 5.74) is 2.99. The van der Waals surface area contributed by atoms with Crippen LogP contribution in [0.2, 0.25) is 0 Å². The maximum atomic E-state index is 13.5. The van der Waals surface area contributed by atoms with E-state index in [1.807, 2.05) is 31.2 Å². The van der Waals surface area contributed by atoms with Crippen LogP contribution in [0.5, 0.6) is 5.75 Å². The van der Waals surface area contributed by atoms with E-state index >= 15 is 0 Å². The van der Waals surface area contributed by atoms with Crippen molar-refractivity contribution >= 4 is 17.0 Å². The number of methoxy groups -OCH3 is 1. The fourth-order valence-corrected chi connectivity index (χ4v) is 3.26. The summed E-state index contributed by atoms with van der Waals surface area (Å²) >= 11 is 0. The summed E-state index contributed by atoms with van der Waals surface area (Å²) in [5, 5.41) is 4.62. The Balaban J connectivity index is 1.72. The summed E-state index contributed by atoms with van der Waals surface area (Å²) in [6, 6.07) is 13.0. The zero-order valence-corrected chi connectivity index (χ0v) is 16.5. The number of nitrogens with zero attached hydrogens (tertiary/aromatic N) is 3. The van der Waals surface area contributed by atoms with Gasteiger partial charge in [0.1, 0.15) is 11.4 Å². The summed E-state index contributed by atoms with van der Waals surface area (Å²) in [7, 11) is 1.63. The largest absolute Gasteiger partial charge is 0.497 e. The molecular weight excluding hydrogens is 370 g/mol. The van der Waals surface area contributed by atoms with Crippen molar-refractivity contribution in [2.24, 2.45) is 0 Å². The first kappa shape index (κ1) is 18.7. The minimum Gasteiger partial charge on any atom is -0.497 e. The summed E-state index contributed by atoms with van der Waals surface area (Å²) in [6.45, 7) is 4.78. The van der Waals surface area contributed by atoms with Crippen molar-refractivity contribution in [2.75, 3.05) is 13.7 Å². The predicted molar refractivity (Wildman–Crippen MR) is 108 cm³/mol. The number of hydrogen-bond donors (Lipinski definition) is 0. The van der Waals surface area contributed by atoms with Gasteiger partial charge in [-0.05, 0) is 49.7 Å². The molecule has 1 amide bonds. The molecule has 0 aliphatic heterocycles. The smallest absolute Gasteiger partial charge is 0.259 e. The molecule has 1 aromatic carbocycles. The first-order valence-corrected chi connectivity index (χ1v) is 9.33. The lowest BCUT2D eigenvalue weighted by Crippen LogP contribution is -2.30. The number of furan rings is 1. The lowest BCUT2D eigenvalue weighted by Gasteiger charge is -2.22. The SMILES string of the molecule is CCN(Cc1ccc(OC)cc1)C(=O)c1cc(-c2ccco2)nc2onc(C)c12. The minimum atomic E-state index is -0.116. The highest BCUT2D eigenvalue weighted by Crippen LogP contribution is 2.28. The van der Waals surface area contributed by atoms with E-state index in [-0.39, 0.29) is 5.91 Å². The Kier molecular flexibility index (Phi) is 5.03. The summed E-state index contributed by atoms with van der Waals surface area (Å²) in [5.74, 6) is 1.23. The van der Waals surface area contributed by atoms with Crippen molar-refractivity contribution in [1.29, 1.82) is 0 Å². The van der Waals surface area contributed by atoms with Crippen molar-refractivity contribution in [3.8, 4) is 17.2 Å². The van der Waals surface area contributed by atoms with Crippen LogP contribution >= 0.6 is 0 Å². The molecule has 4 rings (SSSR count). The standard InChI is InChI=1S/C22H21N3O4/c1-4-25(13-15-7-9-16(27-3)10-8-15)22(26)17-12-18(19-6-5-11-28-19)23-21-20(17)14(2)24-29-21/h5-12H,4,13H2,1-3H3. The fourth-order valence-electron chi connectivity index (χ4n) is 3.26. The number of pyridine rings is 1. The maximum Gasteiger partial charge on any atom is 0.259 e. The number of ether oxygens (including phenoxy) is 1. The highest BCUT2D eigenvalue weighted by Gasteiger charge is 2.23. The van der Waals surface area contributed by atoms with Gasteiger partial charge in [-0.3, -0.25) is 4.79 Å². The molecule has 0 N–H and O–H groups in total. The molecule has 0 atom stereocenters. The molecule has 148 valence electrons. The highest BCUT2D eigenvalue weighted by atomic mass is 16.5. The molecule has 0 bridgehead atoms. The van der Waals surface area contributed by atoms with Crippen LogP contribution in [0, 0.1) is 6.92 Å². The number of carbonyl (C=O) groups excluding carboxylic acids is 1. The molecule has 0 saturated heterocycles. The van der Waals surface area contributed by atoms with E-state index < -0.39 is 0 Å². The minimum absolute atomic E-state index is 0.116. The van der Waals surface area contributed by atoms with Crippen LogP contribution in [0.1, 0.15) is 28.5 Å². The van der Waals surface area contributed by atoms with Crippen LogP contribution in [0.4, 0.5) is 0 Å². The number of aryl methyl sites for hydroxylation is 1. The predicted octanol–water partition coefficient (Wildman–Crippen LogP) is 4.46. The molecule has 7 nitrogen and oxygen atoms in total. The topological polar surface area (TPSA) is 81.6 Å². The van der Waals surface area contributed by atoms with Crippen molar-refractivity contribution in [3.63, 3.8) is 0 Å². The van der Waals surface area contributed by atoms with Crippen LogP contribution in [0.3, 0.4) is 0 Å². The molecule has 0 aliphatic carbocycles. The second-order valence-electron chi connectivity index (χ2n) is 6.65. The van der Waals surface area contributed by atoms with Crippen molar-refractivity contribution < 1.29 is 18.5 Å². The quantitative estimate of drug-likeness (QED) is 0.483. The van der Waals surface area contributed by atoms with Gasteiger partial charge >= 0.3 is 0 Å². The van der Waals surface area contributed by atoms with Gasteiger partial charge in [-0.2, -0.15) is 0 Å². The van der Waals surface area contributed by atoms with Gasteiger partial charge in [0.15, 0.2) is 5.76 Å². The van der Waals surface area contributed by atoms with Gasteiger partial charge in [-0.1, -0.05) is 17.3 Å². The Morgan fingerprint density at radius 3 is 2.66 bits per heavy atom. The number of rotatable bonds is 6. The molecular formula is C22H21N3O4. The van der Waals surface area contributed by atoms with E-state index in [4.69, 9.17) is 13.7 Å². The summed E-state index contributed by atoms with van der Waals surface area (Å²) in [4.78, 5) is 19.7.